The Bertz CT molecular complexity index is 569. The van der Waals surface area contributed by atoms with Crippen LogP contribution < -0.4 is 16.8 Å². The third-order valence-electron chi connectivity index (χ3n) is 2.52. The van der Waals surface area contributed by atoms with Gasteiger partial charge in [-0.3, -0.25) is 4.79 Å². The Labute approximate surface area is 112 Å². The number of amides is 1. The van der Waals surface area contributed by atoms with E-state index in [4.69, 9.17) is 11.5 Å². The van der Waals surface area contributed by atoms with Crippen molar-refractivity contribution in [3.8, 4) is 0 Å². The summed E-state index contributed by atoms with van der Waals surface area (Å²) in [6, 6.07) is 4.54. The second kappa shape index (κ2) is 5.89. The Balaban J connectivity index is 2.62. The number of nitrogen functional groups attached to an aromatic ring is 2. The van der Waals surface area contributed by atoms with E-state index < -0.39 is 15.9 Å². The molecule has 0 aromatic heterocycles. The van der Waals surface area contributed by atoms with E-state index in [2.05, 4.69) is 5.32 Å². The topological polar surface area (TPSA) is 119 Å². The molecule has 106 valence electrons. The van der Waals surface area contributed by atoms with Crippen molar-refractivity contribution in [2.24, 2.45) is 0 Å². The first-order valence-electron chi connectivity index (χ1n) is 5.57. The second-order valence-corrected chi connectivity index (χ2v) is 6.50. The van der Waals surface area contributed by atoms with Crippen LogP contribution >= 0.6 is 0 Å². The van der Waals surface area contributed by atoms with Gasteiger partial charge >= 0.3 is 0 Å². The first kappa shape index (κ1) is 15.3. The number of benzene rings is 1. The van der Waals surface area contributed by atoms with Crippen molar-refractivity contribution in [3.63, 3.8) is 0 Å². The molecule has 0 aliphatic heterocycles. The molecule has 5 N–H and O–H groups in total. The largest absolute Gasteiger partial charge is 0.399 e. The molecule has 19 heavy (non-hydrogen) atoms. The lowest BCUT2D eigenvalue weighted by molar-refractivity contribution is 0.0957. The molecule has 0 spiro atoms. The fraction of sp³-hybridized carbons (Fsp3) is 0.364. The maximum absolute atomic E-state index is 11.8. The molecule has 1 amide bonds. The molecule has 0 bridgehead atoms. The number of carbonyl (C=O) groups is 1. The molecule has 0 aliphatic carbocycles. The molecule has 0 aliphatic rings. The van der Waals surface area contributed by atoms with Gasteiger partial charge in [0, 0.05) is 32.0 Å². The van der Waals surface area contributed by atoms with Gasteiger partial charge < -0.3 is 16.8 Å². The third kappa shape index (κ3) is 4.11. The highest BCUT2D eigenvalue weighted by Gasteiger charge is 2.15. The molecule has 1 aromatic rings. The van der Waals surface area contributed by atoms with E-state index in [0.717, 1.165) is 4.31 Å². The van der Waals surface area contributed by atoms with Crippen LogP contribution in [0.15, 0.2) is 18.2 Å². The summed E-state index contributed by atoms with van der Waals surface area (Å²) in [5, 5.41) is 2.50. The molecule has 0 saturated carbocycles. The van der Waals surface area contributed by atoms with Crippen LogP contribution in [0.2, 0.25) is 0 Å². The van der Waals surface area contributed by atoms with Crippen molar-refractivity contribution < 1.29 is 13.2 Å². The molecule has 0 unspecified atom stereocenters. The number of anilines is 2. The molecule has 0 fully saturated rings. The van der Waals surface area contributed by atoms with E-state index in [-0.39, 0.29) is 23.5 Å². The SMILES string of the molecule is CN(C)S(=O)(=O)CCNC(=O)c1ccc(N)cc1N. The summed E-state index contributed by atoms with van der Waals surface area (Å²) in [7, 11) is -0.446. The average Bonchev–Trinajstić information content (AvgIpc) is 2.28. The quantitative estimate of drug-likeness (QED) is 0.629. The second-order valence-electron chi connectivity index (χ2n) is 4.20. The summed E-state index contributed by atoms with van der Waals surface area (Å²) >= 11 is 0. The van der Waals surface area contributed by atoms with Crippen molar-refractivity contribution in [1.29, 1.82) is 0 Å². The van der Waals surface area contributed by atoms with Gasteiger partial charge in [0.15, 0.2) is 0 Å². The van der Waals surface area contributed by atoms with E-state index in [1.165, 1.54) is 26.2 Å². The molecule has 1 aromatic carbocycles. The third-order valence-corrected chi connectivity index (χ3v) is 4.35. The summed E-state index contributed by atoms with van der Waals surface area (Å²) < 4.78 is 24.1. The molecule has 0 heterocycles. The van der Waals surface area contributed by atoms with Crippen molar-refractivity contribution >= 4 is 27.3 Å². The van der Waals surface area contributed by atoms with E-state index in [9.17, 15) is 13.2 Å². The summed E-state index contributed by atoms with van der Waals surface area (Å²) in [5.74, 6) is -0.591. The zero-order valence-electron chi connectivity index (χ0n) is 10.9. The van der Waals surface area contributed by atoms with E-state index in [1.54, 1.807) is 6.07 Å². The molecule has 8 heteroatoms. The number of nitrogens with zero attached hydrogens (tertiary/aromatic N) is 1. The Kier molecular flexibility index (Phi) is 4.73. The maximum atomic E-state index is 11.8. The normalized spacial score (nSPS) is 11.5. The van der Waals surface area contributed by atoms with Gasteiger partial charge in [-0.2, -0.15) is 0 Å². The molecule has 0 radical (unpaired) electrons. The van der Waals surface area contributed by atoms with Crippen LogP contribution in [0.5, 0.6) is 0 Å². The number of nitrogens with two attached hydrogens (primary N) is 2. The van der Waals surface area contributed by atoms with Crippen molar-refractivity contribution in [2.45, 2.75) is 0 Å². The minimum Gasteiger partial charge on any atom is -0.399 e. The van der Waals surface area contributed by atoms with Crippen LogP contribution in [0.3, 0.4) is 0 Å². The molecular formula is C11H18N4O3S. The lowest BCUT2D eigenvalue weighted by Gasteiger charge is -2.12. The van der Waals surface area contributed by atoms with Crippen molar-refractivity contribution in [1.82, 2.24) is 9.62 Å². The first-order valence-corrected chi connectivity index (χ1v) is 7.18. The number of carbonyl (C=O) groups excluding carboxylic acids is 1. The monoisotopic (exact) mass is 286 g/mol. The Morgan fingerprint density at radius 2 is 1.95 bits per heavy atom. The van der Waals surface area contributed by atoms with Gasteiger partial charge in [-0.25, -0.2) is 12.7 Å². The van der Waals surface area contributed by atoms with Gasteiger partial charge in [0.1, 0.15) is 0 Å². The fourth-order valence-corrected chi connectivity index (χ4v) is 2.08. The lowest BCUT2D eigenvalue weighted by Crippen LogP contribution is -2.34. The molecule has 0 atom stereocenters. The summed E-state index contributed by atoms with van der Waals surface area (Å²) in [5.41, 5.74) is 12.2. The number of hydrogen-bond donors (Lipinski definition) is 3. The number of sulfonamides is 1. The summed E-state index contributed by atoms with van der Waals surface area (Å²) in [6.07, 6.45) is 0. The molecule has 0 saturated heterocycles. The highest BCUT2D eigenvalue weighted by Crippen LogP contribution is 2.15. The van der Waals surface area contributed by atoms with Gasteiger partial charge in [0.25, 0.3) is 5.91 Å². The molecular weight excluding hydrogens is 268 g/mol. The lowest BCUT2D eigenvalue weighted by atomic mass is 10.1. The van der Waals surface area contributed by atoms with Crippen molar-refractivity contribution in [3.05, 3.63) is 23.8 Å². The molecule has 1 rings (SSSR count). The van der Waals surface area contributed by atoms with Crippen LogP contribution in [0.4, 0.5) is 11.4 Å². The average molecular weight is 286 g/mol. The van der Waals surface area contributed by atoms with Crippen molar-refractivity contribution in [2.75, 3.05) is 37.9 Å². The highest BCUT2D eigenvalue weighted by molar-refractivity contribution is 7.89. The minimum atomic E-state index is -3.33. The van der Waals surface area contributed by atoms with E-state index in [1.807, 2.05) is 0 Å². The first-order chi connectivity index (χ1) is 8.74. The Hall–Kier alpha value is -1.80. The fourth-order valence-electron chi connectivity index (χ4n) is 1.36. The van der Waals surface area contributed by atoms with Gasteiger partial charge in [-0.05, 0) is 18.2 Å². The summed E-state index contributed by atoms with van der Waals surface area (Å²) in [4.78, 5) is 11.8. The number of rotatable bonds is 5. The van der Waals surface area contributed by atoms with Gasteiger partial charge in [0.2, 0.25) is 10.0 Å². The standard InChI is InChI=1S/C11H18N4O3S/c1-15(2)19(17,18)6-5-14-11(16)9-4-3-8(12)7-10(9)13/h3-4,7H,5-6,12-13H2,1-2H3,(H,14,16). The van der Waals surface area contributed by atoms with Gasteiger partial charge in [0.05, 0.1) is 11.3 Å². The van der Waals surface area contributed by atoms with E-state index >= 15 is 0 Å². The number of nitrogens with one attached hydrogen (secondary N) is 1. The highest BCUT2D eigenvalue weighted by atomic mass is 32.2. The van der Waals surface area contributed by atoms with Gasteiger partial charge in [-0.15, -0.1) is 0 Å². The molecule has 7 nitrogen and oxygen atoms in total. The predicted molar refractivity (Wildman–Crippen MR) is 75.1 cm³/mol. The van der Waals surface area contributed by atoms with Crippen LogP contribution in [0, 0.1) is 0 Å². The van der Waals surface area contributed by atoms with E-state index in [0.29, 0.717) is 5.69 Å². The van der Waals surface area contributed by atoms with Crippen LogP contribution in [0.1, 0.15) is 10.4 Å². The van der Waals surface area contributed by atoms with Crippen LogP contribution in [0.25, 0.3) is 0 Å². The van der Waals surface area contributed by atoms with Crippen LogP contribution in [-0.2, 0) is 10.0 Å². The van der Waals surface area contributed by atoms with Crippen LogP contribution in [-0.4, -0.2) is 45.0 Å². The Morgan fingerprint density at radius 3 is 2.47 bits per heavy atom. The zero-order chi connectivity index (χ0) is 14.6. The smallest absolute Gasteiger partial charge is 0.253 e. The minimum absolute atomic E-state index is 0.0170. The number of hydrogen-bond acceptors (Lipinski definition) is 5. The maximum Gasteiger partial charge on any atom is 0.253 e. The summed E-state index contributed by atoms with van der Waals surface area (Å²) in [6.45, 7) is 0.0170. The van der Waals surface area contributed by atoms with Gasteiger partial charge in [-0.1, -0.05) is 0 Å². The Morgan fingerprint density at radius 1 is 1.32 bits per heavy atom. The predicted octanol–water partition coefficient (Wildman–Crippen LogP) is -0.528. The zero-order valence-corrected chi connectivity index (χ0v) is 11.7.